The highest BCUT2D eigenvalue weighted by Crippen LogP contribution is 2.11. The van der Waals surface area contributed by atoms with E-state index in [0.29, 0.717) is 12.1 Å². The van der Waals surface area contributed by atoms with Gasteiger partial charge in [-0.15, -0.1) is 0 Å². The summed E-state index contributed by atoms with van der Waals surface area (Å²) in [6.45, 7) is 0.135. The number of rotatable bonds is 5. The average molecular weight is 295 g/mol. The van der Waals surface area contributed by atoms with Gasteiger partial charge in [-0.1, -0.05) is 42.5 Å². The number of nitrogens with zero attached hydrogens (tertiary/aromatic N) is 1. The molecule has 0 bridgehead atoms. The molecule has 2 rings (SSSR count). The lowest BCUT2D eigenvalue weighted by atomic mass is 10.1. The standard InChI is InChI=1S/C17H17N3O2/c18-10-13-5-4-6-14(9-13)11-19-17(22)20-16(12-21)15-7-2-1-3-8-15/h1-9,16,21H,11-12H2,(H2,19,20,22). The molecule has 2 aromatic rings. The van der Waals surface area contributed by atoms with E-state index >= 15 is 0 Å². The molecule has 0 fully saturated rings. The first-order valence-electron chi connectivity index (χ1n) is 6.92. The van der Waals surface area contributed by atoms with Crippen LogP contribution in [-0.4, -0.2) is 17.7 Å². The molecule has 5 heteroatoms. The minimum atomic E-state index is -0.452. The first-order chi connectivity index (χ1) is 10.7. The van der Waals surface area contributed by atoms with Gasteiger partial charge in [0.2, 0.25) is 0 Å². The summed E-state index contributed by atoms with van der Waals surface area (Å²) < 4.78 is 0. The van der Waals surface area contributed by atoms with Crippen molar-refractivity contribution >= 4 is 6.03 Å². The van der Waals surface area contributed by atoms with Crippen molar-refractivity contribution in [2.24, 2.45) is 0 Å². The van der Waals surface area contributed by atoms with Crippen LogP contribution >= 0.6 is 0 Å². The molecule has 0 aliphatic heterocycles. The molecule has 0 heterocycles. The Hall–Kier alpha value is -2.84. The van der Waals surface area contributed by atoms with Crippen LogP contribution in [0.1, 0.15) is 22.7 Å². The van der Waals surface area contributed by atoms with Gasteiger partial charge >= 0.3 is 6.03 Å². The molecule has 0 aromatic heterocycles. The third-order valence-electron chi connectivity index (χ3n) is 3.20. The largest absolute Gasteiger partial charge is 0.394 e. The van der Waals surface area contributed by atoms with Crippen LogP contribution in [0.15, 0.2) is 54.6 Å². The summed E-state index contributed by atoms with van der Waals surface area (Å²) in [5.74, 6) is 0. The van der Waals surface area contributed by atoms with Gasteiger partial charge in [0.15, 0.2) is 0 Å². The van der Waals surface area contributed by atoms with Gasteiger partial charge in [-0.3, -0.25) is 0 Å². The van der Waals surface area contributed by atoms with Gasteiger partial charge < -0.3 is 15.7 Å². The van der Waals surface area contributed by atoms with E-state index in [9.17, 15) is 9.90 Å². The number of aliphatic hydroxyl groups is 1. The van der Waals surface area contributed by atoms with Crippen LogP contribution < -0.4 is 10.6 Å². The fourth-order valence-electron chi connectivity index (χ4n) is 2.06. The van der Waals surface area contributed by atoms with E-state index in [1.807, 2.05) is 36.4 Å². The van der Waals surface area contributed by atoms with Gasteiger partial charge in [-0.25, -0.2) is 4.79 Å². The normalized spacial score (nSPS) is 11.3. The molecule has 0 spiro atoms. The Morgan fingerprint density at radius 3 is 2.64 bits per heavy atom. The van der Waals surface area contributed by atoms with Crippen molar-refractivity contribution in [1.82, 2.24) is 10.6 Å². The molecule has 2 amide bonds. The summed E-state index contributed by atoms with van der Waals surface area (Å²) in [6, 6.07) is 17.5. The molecule has 22 heavy (non-hydrogen) atoms. The SMILES string of the molecule is N#Cc1cccc(CNC(=O)NC(CO)c2ccccc2)c1. The molecule has 112 valence electrons. The average Bonchev–Trinajstić information content (AvgIpc) is 2.58. The number of benzene rings is 2. The quantitative estimate of drug-likeness (QED) is 0.789. The summed E-state index contributed by atoms with van der Waals surface area (Å²) in [4.78, 5) is 11.9. The fourth-order valence-corrected chi connectivity index (χ4v) is 2.06. The van der Waals surface area contributed by atoms with E-state index in [4.69, 9.17) is 5.26 Å². The van der Waals surface area contributed by atoms with Crippen LogP contribution in [0.2, 0.25) is 0 Å². The number of urea groups is 1. The van der Waals surface area contributed by atoms with E-state index in [1.165, 1.54) is 0 Å². The van der Waals surface area contributed by atoms with Crippen molar-refractivity contribution in [1.29, 1.82) is 5.26 Å². The first-order valence-corrected chi connectivity index (χ1v) is 6.92. The zero-order valence-corrected chi connectivity index (χ0v) is 12.0. The fraction of sp³-hybridized carbons (Fsp3) is 0.176. The number of hydrogen-bond acceptors (Lipinski definition) is 3. The zero-order chi connectivity index (χ0) is 15.8. The number of carbonyl (C=O) groups excluding carboxylic acids is 1. The summed E-state index contributed by atoms with van der Waals surface area (Å²) in [5.41, 5.74) is 2.23. The van der Waals surface area contributed by atoms with Gasteiger partial charge in [0, 0.05) is 6.54 Å². The highest BCUT2D eigenvalue weighted by atomic mass is 16.3. The predicted molar refractivity (Wildman–Crippen MR) is 82.8 cm³/mol. The van der Waals surface area contributed by atoms with Gasteiger partial charge in [-0.2, -0.15) is 5.26 Å². The molecule has 5 nitrogen and oxygen atoms in total. The molecule has 3 N–H and O–H groups in total. The summed E-state index contributed by atoms with van der Waals surface area (Å²) in [7, 11) is 0. The lowest BCUT2D eigenvalue weighted by molar-refractivity contribution is 0.216. The first kappa shape index (κ1) is 15.5. The Morgan fingerprint density at radius 1 is 1.18 bits per heavy atom. The van der Waals surface area contributed by atoms with Crippen LogP contribution in [-0.2, 0) is 6.54 Å². The molecule has 1 atom stereocenters. The van der Waals surface area contributed by atoms with Crippen LogP contribution in [0, 0.1) is 11.3 Å². The highest BCUT2D eigenvalue weighted by molar-refractivity contribution is 5.74. The zero-order valence-electron chi connectivity index (χ0n) is 12.0. The van der Waals surface area contributed by atoms with E-state index in [2.05, 4.69) is 16.7 Å². The molecule has 0 saturated carbocycles. The molecule has 1 unspecified atom stereocenters. The van der Waals surface area contributed by atoms with Gasteiger partial charge in [0.25, 0.3) is 0 Å². The van der Waals surface area contributed by atoms with E-state index < -0.39 is 6.04 Å². The smallest absolute Gasteiger partial charge is 0.315 e. The minimum absolute atomic E-state index is 0.179. The van der Waals surface area contributed by atoms with Crippen molar-refractivity contribution in [3.8, 4) is 6.07 Å². The number of nitrogens with one attached hydrogen (secondary N) is 2. The Balaban J connectivity index is 1.91. The summed E-state index contributed by atoms with van der Waals surface area (Å²) >= 11 is 0. The Morgan fingerprint density at radius 2 is 1.95 bits per heavy atom. The van der Waals surface area contributed by atoms with Gasteiger partial charge in [0.05, 0.1) is 24.3 Å². The Kier molecular flexibility index (Phi) is 5.52. The van der Waals surface area contributed by atoms with Gasteiger partial charge in [0.1, 0.15) is 0 Å². The number of carbonyl (C=O) groups is 1. The maximum absolute atomic E-state index is 11.9. The second-order valence-electron chi connectivity index (χ2n) is 4.79. The van der Waals surface area contributed by atoms with Crippen LogP contribution in [0.4, 0.5) is 4.79 Å². The number of nitriles is 1. The van der Waals surface area contributed by atoms with Crippen LogP contribution in [0.25, 0.3) is 0 Å². The van der Waals surface area contributed by atoms with E-state index in [0.717, 1.165) is 11.1 Å². The Labute approximate surface area is 129 Å². The maximum Gasteiger partial charge on any atom is 0.315 e. The topological polar surface area (TPSA) is 85.2 Å². The predicted octanol–water partition coefficient (Wildman–Crippen LogP) is 2.09. The van der Waals surface area contributed by atoms with Gasteiger partial charge in [-0.05, 0) is 23.3 Å². The molecule has 0 aliphatic rings. The summed E-state index contributed by atoms with van der Waals surface area (Å²) in [5, 5.41) is 23.7. The second kappa shape index (κ2) is 7.81. The lowest BCUT2D eigenvalue weighted by Crippen LogP contribution is -2.38. The number of aliphatic hydroxyl groups excluding tert-OH is 1. The summed E-state index contributed by atoms with van der Waals surface area (Å²) in [6.07, 6.45) is 0. The minimum Gasteiger partial charge on any atom is -0.394 e. The molecular formula is C17H17N3O2. The van der Waals surface area contributed by atoms with Crippen molar-refractivity contribution in [2.75, 3.05) is 6.61 Å². The molecule has 2 aromatic carbocycles. The number of hydrogen-bond donors (Lipinski definition) is 3. The third-order valence-corrected chi connectivity index (χ3v) is 3.20. The van der Waals surface area contributed by atoms with Crippen LogP contribution in [0.3, 0.4) is 0 Å². The third kappa shape index (κ3) is 4.33. The molecular weight excluding hydrogens is 278 g/mol. The van der Waals surface area contributed by atoms with E-state index in [-0.39, 0.29) is 12.6 Å². The molecule has 0 aliphatic carbocycles. The highest BCUT2D eigenvalue weighted by Gasteiger charge is 2.12. The molecule has 0 radical (unpaired) electrons. The second-order valence-corrected chi connectivity index (χ2v) is 4.79. The van der Waals surface area contributed by atoms with Crippen LogP contribution in [0.5, 0.6) is 0 Å². The maximum atomic E-state index is 11.9. The number of amides is 2. The lowest BCUT2D eigenvalue weighted by Gasteiger charge is -2.17. The van der Waals surface area contributed by atoms with E-state index in [1.54, 1.807) is 18.2 Å². The Bertz CT molecular complexity index is 665. The van der Waals surface area contributed by atoms with Crippen molar-refractivity contribution in [3.05, 3.63) is 71.3 Å². The van der Waals surface area contributed by atoms with Crippen molar-refractivity contribution in [3.63, 3.8) is 0 Å². The van der Waals surface area contributed by atoms with Crippen molar-refractivity contribution < 1.29 is 9.90 Å². The molecule has 0 saturated heterocycles. The van der Waals surface area contributed by atoms with Crippen molar-refractivity contribution in [2.45, 2.75) is 12.6 Å². The monoisotopic (exact) mass is 295 g/mol.